The first-order chi connectivity index (χ1) is 11.5. The average molecular weight is 366 g/mol. The molecule has 9 heteroatoms. The molecule has 1 aromatic heterocycles. The fourth-order valence-corrected chi connectivity index (χ4v) is 3.64. The Morgan fingerprint density at radius 1 is 1.29 bits per heavy atom. The molecule has 128 valence electrons. The van der Waals surface area contributed by atoms with Crippen molar-refractivity contribution in [2.75, 3.05) is 17.7 Å². The lowest BCUT2D eigenvalue weighted by Crippen LogP contribution is -2.24. The summed E-state index contributed by atoms with van der Waals surface area (Å²) in [4.78, 5) is 24.0. The Morgan fingerprint density at radius 2 is 2.00 bits per heavy atom. The molecule has 24 heavy (non-hydrogen) atoms. The lowest BCUT2D eigenvalue weighted by atomic mass is 10.2. The highest BCUT2D eigenvalue weighted by Gasteiger charge is 2.20. The van der Waals surface area contributed by atoms with E-state index in [4.69, 9.17) is 10.5 Å². The van der Waals surface area contributed by atoms with Gasteiger partial charge in [-0.15, -0.1) is 10.2 Å². The van der Waals surface area contributed by atoms with Crippen LogP contribution in [0.1, 0.15) is 30.6 Å². The van der Waals surface area contributed by atoms with Gasteiger partial charge in [0.2, 0.25) is 11.0 Å². The van der Waals surface area contributed by atoms with E-state index in [1.165, 1.54) is 23.1 Å². The van der Waals surface area contributed by atoms with Gasteiger partial charge in [-0.2, -0.15) is 0 Å². The van der Waals surface area contributed by atoms with E-state index in [9.17, 15) is 9.59 Å². The standard InChI is InChI=1S/C15H18N4O3S2/c1-3-11(23-15-19-18-14(16)24-15)12(20)17-10-7-5-9(6-8-10)13(21)22-4-2/h5-8,11H,3-4H2,1-2H3,(H2,16,18)(H,17,20). The van der Waals surface area contributed by atoms with Crippen LogP contribution in [0.2, 0.25) is 0 Å². The van der Waals surface area contributed by atoms with Crippen LogP contribution >= 0.6 is 23.1 Å². The summed E-state index contributed by atoms with van der Waals surface area (Å²) in [5.41, 5.74) is 6.61. The van der Waals surface area contributed by atoms with Crippen molar-refractivity contribution >= 4 is 45.8 Å². The topological polar surface area (TPSA) is 107 Å². The number of thioether (sulfide) groups is 1. The first-order valence-electron chi connectivity index (χ1n) is 7.37. The highest BCUT2D eigenvalue weighted by Crippen LogP contribution is 2.29. The quantitative estimate of drug-likeness (QED) is 0.573. The zero-order chi connectivity index (χ0) is 17.5. The summed E-state index contributed by atoms with van der Waals surface area (Å²) < 4.78 is 5.58. The lowest BCUT2D eigenvalue weighted by Gasteiger charge is -2.13. The van der Waals surface area contributed by atoms with Gasteiger partial charge in [-0.3, -0.25) is 4.79 Å². The molecule has 0 aliphatic carbocycles. The van der Waals surface area contributed by atoms with E-state index >= 15 is 0 Å². The maximum atomic E-state index is 12.4. The van der Waals surface area contributed by atoms with Gasteiger partial charge in [0.05, 0.1) is 17.4 Å². The number of rotatable bonds is 7. The van der Waals surface area contributed by atoms with Crippen molar-refractivity contribution < 1.29 is 14.3 Å². The van der Waals surface area contributed by atoms with Crippen molar-refractivity contribution in [1.82, 2.24) is 10.2 Å². The first-order valence-corrected chi connectivity index (χ1v) is 9.06. The number of carbonyl (C=O) groups excluding carboxylic acids is 2. The van der Waals surface area contributed by atoms with Crippen LogP contribution in [0.4, 0.5) is 10.8 Å². The van der Waals surface area contributed by atoms with E-state index in [1.807, 2.05) is 6.92 Å². The number of hydrogen-bond acceptors (Lipinski definition) is 8. The van der Waals surface area contributed by atoms with Gasteiger partial charge in [0, 0.05) is 5.69 Å². The molecule has 0 fully saturated rings. The van der Waals surface area contributed by atoms with Gasteiger partial charge in [0.25, 0.3) is 0 Å². The Labute approximate surface area is 148 Å². The SMILES string of the molecule is CCOC(=O)c1ccc(NC(=O)C(CC)Sc2nnc(N)s2)cc1. The van der Waals surface area contributed by atoms with Crippen molar-refractivity contribution in [1.29, 1.82) is 0 Å². The Morgan fingerprint density at radius 3 is 2.54 bits per heavy atom. The molecule has 1 atom stereocenters. The number of esters is 1. The lowest BCUT2D eigenvalue weighted by molar-refractivity contribution is -0.115. The second kappa shape index (κ2) is 8.65. The van der Waals surface area contributed by atoms with E-state index in [0.717, 1.165) is 0 Å². The number of nitrogens with one attached hydrogen (secondary N) is 1. The number of benzene rings is 1. The van der Waals surface area contributed by atoms with Crippen LogP contribution in [0.15, 0.2) is 28.6 Å². The molecule has 0 spiro atoms. The van der Waals surface area contributed by atoms with Crippen LogP contribution in [0.3, 0.4) is 0 Å². The highest BCUT2D eigenvalue weighted by molar-refractivity contribution is 8.02. The zero-order valence-corrected chi connectivity index (χ0v) is 14.9. The van der Waals surface area contributed by atoms with Gasteiger partial charge in [-0.05, 0) is 37.6 Å². The fraction of sp³-hybridized carbons (Fsp3) is 0.333. The summed E-state index contributed by atoms with van der Waals surface area (Å²) in [5.74, 6) is -0.522. The second-order valence-corrected chi connectivity index (χ2v) is 7.17. The molecule has 1 amide bonds. The summed E-state index contributed by atoms with van der Waals surface area (Å²) in [6.45, 7) is 4.00. The third kappa shape index (κ3) is 4.93. The minimum Gasteiger partial charge on any atom is -0.462 e. The monoisotopic (exact) mass is 366 g/mol. The van der Waals surface area contributed by atoms with Crippen molar-refractivity contribution in [2.24, 2.45) is 0 Å². The van der Waals surface area contributed by atoms with Gasteiger partial charge >= 0.3 is 5.97 Å². The number of aromatic nitrogens is 2. The molecule has 2 aromatic rings. The second-order valence-electron chi connectivity index (χ2n) is 4.71. The molecule has 0 aliphatic rings. The highest BCUT2D eigenvalue weighted by atomic mass is 32.2. The van der Waals surface area contributed by atoms with Crippen LogP contribution in [0.5, 0.6) is 0 Å². The number of anilines is 2. The molecule has 0 aliphatic heterocycles. The van der Waals surface area contributed by atoms with Crippen LogP contribution in [-0.4, -0.2) is 33.9 Å². The van der Waals surface area contributed by atoms with Crippen LogP contribution in [0, 0.1) is 0 Å². The molecule has 7 nitrogen and oxygen atoms in total. The molecule has 3 N–H and O–H groups in total. The molecule has 1 unspecified atom stereocenters. The third-order valence-corrected chi connectivity index (χ3v) is 5.19. The Balaban J connectivity index is 1.98. The van der Waals surface area contributed by atoms with E-state index in [1.54, 1.807) is 31.2 Å². The van der Waals surface area contributed by atoms with Crippen LogP contribution < -0.4 is 11.1 Å². The van der Waals surface area contributed by atoms with Gasteiger partial charge < -0.3 is 15.8 Å². The number of ether oxygens (including phenoxy) is 1. The Kier molecular flexibility index (Phi) is 6.56. The summed E-state index contributed by atoms with van der Waals surface area (Å²) in [6.07, 6.45) is 0.636. The molecule has 1 heterocycles. The smallest absolute Gasteiger partial charge is 0.338 e. The molecule has 2 rings (SSSR count). The molecular weight excluding hydrogens is 348 g/mol. The number of nitrogens with zero attached hydrogens (tertiary/aromatic N) is 2. The van der Waals surface area contributed by atoms with E-state index < -0.39 is 0 Å². The molecule has 0 bridgehead atoms. The van der Waals surface area contributed by atoms with Crippen molar-refractivity contribution in [3.8, 4) is 0 Å². The summed E-state index contributed by atoms with van der Waals surface area (Å²) in [6, 6.07) is 6.58. The predicted molar refractivity (Wildman–Crippen MR) is 95.3 cm³/mol. The molecule has 0 saturated carbocycles. The van der Waals surface area contributed by atoms with Crippen molar-refractivity contribution in [2.45, 2.75) is 29.9 Å². The van der Waals surface area contributed by atoms with Crippen molar-refractivity contribution in [3.63, 3.8) is 0 Å². The largest absolute Gasteiger partial charge is 0.462 e. The fourth-order valence-electron chi connectivity index (χ4n) is 1.84. The summed E-state index contributed by atoms with van der Waals surface area (Å²) in [7, 11) is 0. The number of hydrogen-bond donors (Lipinski definition) is 2. The molecule has 1 aromatic carbocycles. The number of amides is 1. The maximum Gasteiger partial charge on any atom is 0.338 e. The van der Waals surface area contributed by atoms with E-state index in [2.05, 4.69) is 15.5 Å². The van der Waals surface area contributed by atoms with Gasteiger partial charge in [-0.1, -0.05) is 30.0 Å². The Bertz CT molecular complexity index is 703. The normalized spacial score (nSPS) is 11.8. The van der Waals surface area contributed by atoms with Crippen LogP contribution in [0.25, 0.3) is 0 Å². The predicted octanol–water partition coefficient (Wildman–Crippen LogP) is 2.81. The maximum absolute atomic E-state index is 12.4. The summed E-state index contributed by atoms with van der Waals surface area (Å²) in [5, 5.41) is 10.6. The average Bonchev–Trinajstić information content (AvgIpc) is 2.98. The van der Waals surface area contributed by atoms with Gasteiger partial charge in [0.15, 0.2) is 4.34 Å². The first kappa shape index (κ1) is 18.2. The number of nitrogen functional groups attached to an aromatic ring is 1. The minimum absolute atomic E-state index is 0.139. The van der Waals surface area contributed by atoms with E-state index in [0.29, 0.717) is 33.7 Å². The van der Waals surface area contributed by atoms with Crippen molar-refractivity contribution in [3.05, 3.63) is 29.8 Å². The number of nitrogens with two attached hydrogens (primary N) is 1. The zero-order valence-electron chi connectivity index (χ0n) is 13.3. The minimum atomic E-state index is -0.383. The van der Waals surface area contributed by atoms with Gasteiger partial charge in [-0.25, -0.2) is 4.79 Å². The van der Waals surface area contributed by atoms with Crippen LogP contribution in [-0.2, 0) is 9.53 Å². The third-order valence-electron chi connectivity index (χ3n) is 2.99. The molecular formula is C15H18N4O3S2. The summed E-state index contributed by atoms with van der Waals surface area (Å²) >= 11 is 2.58. The number of carbonyl (C=O) groups is 2. The van der Waals surface area contributed by atoms with Gasteiger partial charge in [0.1, 0.15) is 0 Å². The Hall–Kier alpha value is -2.13. The molecule has 0 saturated heterocycles. The van der Waals surface area contributed by atoms with E-state index in [-0.39, 0.29) is 17.1 Å². The molecule has 0 radical (unpaired) electrons.